The summed E-state index contributed by atoms with van der Waals surface area (Å²) in [5.41, 5.74) is 2.85. The Balaban J connectivity index is 1.51. The first-order valence-corrected chi connectivity index (χ1v) is 11.8. The second-order valence-corrected chi connectivity index (χ2v) is 8.89. The van der Waals surface area contributed by atoms with Crippen LogP contribution < -0.4 is 10.2 Å². The number of nitrogens with zero attached hydrogens (tertiary/aromatic N) is 2. The molecule has 3 aromatic rings. The molecule has 0 bridgehead atoms. The fraction of sp³-hybridized carbons (Fsp3) is 0.222. The SMILES string of the molecule is CC(=O)c1ccc(Cl)cc1N1CCN(C(Cc2ccccc2)C(=O)Nc2ccc(C(=O)O)cc2)OC1. The number of carbonyl (C=O) groups excluding carboxylic acids is 2. The van der Waals surface area contributed by atoms with E-state index in [4.69, 9.17) is 21.5 Å². The number of hydrogen-bond acceptors (Lipinski definition) is 6. The van der Waals surface area contributed by atoms with E-state index in [0.717, 1.165) is 5.56 Å². The van der Waals surface area contributed by atoms with Crippen LogP contribution in [0, 0.1) is 0 Å². The van der Waals surface area contributed by atoms with Gasteiger partial charge in [-0.05, 0) is 61.4 Å². The van der Waals surface area contributed by atoms with Gasteiger partial charge in [-0.2, -0.15) is 5.06 Å². The number of halogens is 1. The lowest BCUT2D eigenvalue weighted by atomic mass is 10.0. The van der Waals surface area contributed by atoms with E-state index in [1.54, 1.807) is 35.4 Å². The molecule has 36 heavy (non-hydrogen) atoms. The van der Waals surface area contributed by atoms with Crippen molar-refractivity contribution < 1.29 is 24.3 Å². The number of aromatic carboxylic acids is 1. The molecule has 2 N–H and O–H groups in total. The third-order valence-electron chi connectivity index (χ3n) is 5.97. The number of anilines is 2. The molecule has 1 aliphatic rings. The third kappa shape index (κ3) is 6.09. The van der Waals surface area contributed by atoms with Gasteiger partial charge in [0.1, 0.15) is 12.8 Å². The van der Waals surface area contributed by atoms with Crippen LogP contribution in [0.3, 0.4) is 0 Å². The van der Waals surface area contributed by atoms with Crippen LogP contribution in [0.15, 0.2) is 72.8 Å². The van der Waals surface area contributed by atoms with E-state index < -0.39 is 12.0 Å². The predicted octanol–water partition coefficient (Wildman–Crippen LogP) is 4.50. The number of nitrogens with one attached hydrogen (secondary N) is 1. The summed E-state index contributed by atoms with van der Waals surface area (Å²) < 4.78 is 0. The molecule has 0 aromatic heterocycles. The van der Waals surface area contributed by atoms with E-state index in [1.807, 2.05) is 35.2 Å². The molecule has 0 spiro atoms. The first-order chi connectivity index (χ1) is 17.3. The molecule has 1 aliphatic heterocycles. The van der Waals surface area contributed by atoms with Crippen molar-refractivity contribution >= 4 is 40.6 Å². The quantitative estimate of drug-likeness (QED) is 0.433. The van der Waals surface area contributed by atoms with Crippen LogP contribution in [0.25, 0.3) is 0 Å². The van der Waals surface area contributed by atoms with Gasteiger partial charge in [0.15, 0.2) is 5.78 Å². The molecule has 1 heterocycles. The second-order valence-electron chi connectivity index (χ2n) is 8.46. The van der Waals surface area contributed by atoms with Crippen LogP contribution >= 0.6 is 11.6 Å². The summed E-state index contributed by atoms with van der Waals surface area (Å²) in [6.07, 6.45) is 0.412. The molecule has 186 valence electrons. The van der Waals surface area contributed by atoms with Crippen molar-refractivity contribution in [3.63, 3.8) is 0 Å². The number of carbonyl (C=O) groups is 3. The van der Waals surface area contributed by atoms with E-state index in [-0.39, 0.29) is 24.0 Å². The van der Waals surface area contributed by atoms with Gasteiger partial charge >= 0.3 is 5.97 Å². The number of carboxylic acids is 1. The van der Waals surface area contributed by atoms with E-state index in [0.29, 0.717) is 41.5 Å². The largest absolute Gasteiger partial charge is 0.478 e. The summed E-state index contributed by atoms with van der Waals surface area (Å²) >= 11 is 6.18. The lowest BCUT2D eigenvalue weighted by Gasteiger charge is -2.39. The molecule has 1 saturated heterocycles. The molecule has 9 heteroatoms. The predicted molar refractivity (Wildman–Crippen MR) is 137 cm³/mol. The summed E-state index contributed by atoms with van der Waals surface area (Å²) in [6, 6.07) is 20.1. The summed E-state index contributed by atoms with van der Waals surface area (Å²) in [4.78, 5) is 44.5. The Labute approximate surface area is 214 Å². The Morgan fingerprint density at radius 1 is 1.03 bits per heavy atom. The summed E-state index contributed by atoms with van der Waals surface area (Å²) in [5, 5.41) is 14.2. The van der Waals surface area contributed by atoms with Gasteiger partial charge in [0.2, 0.25) is 5.91 Å². The first kappa shape index (κ1) is 25.4. The highest BCUT2D eigenvalue weighted by molar-refractivity contribution is 6.31. The Kier molecular flexibility index (Phi) is 8.00. The Morgan fingerprint density at radius 3 is 2.36 bits per heavy atom. The van der Waals surface area contributed by atoms with Crippen LogP contribution in [-0.4, -0.2) is 53.7 Å². The van der Waals surface area contributed by atoms with Crippen molar-refractivity contribution in [2.24, 2.45) is 0 Å². The number of benzene rings is 3. The number of amides is 1. The highest BCUT2D eigenvalue weighted by Gasteiger charge is 2.31. The maximum absolute atomic E-state index is 13.3. The molecular formula is C27H26ClN3O5. The van der Waals surface area contributed by atoms with E-state index in [2.05, 4.69) is 5.32 Å². The van der Waals surface area contributed by atoms with Crippen LogP contribution in [-0.2, 0) is 16.1 Å². The maximum atomic E-state index is 13.3. The summed E-state index contributed by atoms with van der Waals surface area (Å²) in [5.74, 6) is -1.38. The van der Waals surface area contributed by atoms with E-state index >= 15 is 0 Å². The van der Waals surface area contributed by atoms with Gasteiger partial charge in [0, 0.05) is 29.4 Å². The van der Waals surface area contributed by atoms with Gasteiger partial charge in [-0.15, -0.1) is 0 Å². The van der Waals surface area contributed by atoms with Gasteiger partial charge in [0.25, 0.3) is 0 Å². The van der Waals surface area contributed by atoms with Crippen molar-refractivity contribution in [1.29, 1.82) is 0 Å². The first-order valence-electron chi connectivity index (χ1n) is 11.4. The van der Waals surface area contributed by atoms with Crippen molar-refractivity contribution in [2.75, 3.05) is 30.0 Å². The Bertz CT molecular complexity index is 1240. The second kappa shape index (κ2) is 11.3. The minimum absolute atomic E-state index is 0.0701. The van der Waals surface area contributed by atoms with Gasteiger partial charge in [0.05, 0.1) is 11.3 Å². The molecule has 0 saturated carbocycles. The highest BCUT2D eigenvalue weighted by atomic mass is 35.5. The zero-order valence-corrected chi connectivity index (χ0v) is 20.4. The standard InChI is InChI=1S/C27H26ClN3O5/c1-18(32)23-12-9-21(28)16-24(23)30-13-14-31(36-17-30)25(15-19-5-3-2-4-6-19)26(33)29-22-10-7-20(8-11-22)27(34)35/h2-12,16,25H,13-15,17H2,1H3,(H,29,33)(H,34,35). The summed E-state index contributed by atoms with van der Waals surface area (Å²) in [7, 11) is 0. The molecule has 1 unspecified atom stereocenters. The van der Waals surface area contributed by atoms with E-state index in [9.17, 15) is 14.4 Å². The molecule has 4 rings (SSSR count). The fourth-order valence-corrected chi connectivity index (χ4v) is 4.24. The Morgan fingerprint density at radius 2 is 1.75 bits per heavy atom. The number of carboxylic acid groups (broad SMARTS) is 1. The van der Waals surface area contributed by atoms with Crippen molar-refractivity contribution in [3.05, 3.63) is 94.5 Å². The van der Waals surface area contributed by atoms with Gasteiger partial charge in [-0.3, -0.25) is 14.4 Å². The lowest BCUT2D eigenvalue weighted by Crippen LogP contribution is -2.53. The number of ketones is 1. The normalized spacial score (nSPS) is 14.8. The van der Waals surface area contributed by atoms with Crippen molar-refractivity contribution in [2.45, 2.75) is 19.4 Å². The molecule has 3 aromatic carbocycles. The smallest absolute Gasteiger partial charge is 0.335 e. The molecule has 1 atom stereocenters. The molecule has 1 amide bonds. The molecule has 0 radical (unpaired) electrons. The molecule has 0 aliphatic carbocycles. The van der Waals surface area contributed by atoms with Gasteiger partial charge in [-0.1, -0.05) is 41.9 Å². The molecule has 1 fully saturated rings. The van der Waals surface area contributed by atoms with Crippen LogP contribution in [0.5, 0.6) is 0 Å². The number of hydrogen-bond donors (Lipinski definition) is 2. The number of Topliss-reactive ketones (excluding diaryl/α,β-unsaturated/α-hetero) is 1. The van der Waals surface area contributed by atoms with Gasteiger partial charge in [-0.25, -0.2) is 4.79 Å². The zero-order valence-electron chi connectivity index (χ0n) is 19.7. The monoisotopic (exact) mass is 507 g/mol. The third-order valence-corrected chi connectivity index (χ3v) is 6.21. The fourth-order valence-electron chi connectivity index (χ4n) is 4.08. The molecule has 8 nitrogen and oxygen atoms in total. The van der Waals surface area contributed by atoms with Crippen LogP contribution in [0.2, 0.25) is 5.02 Å². The summed E-state index contributed by atoms with van der Waals surface area (Å²) in [6.45, 7) is 2.58. The highest BCUT2D eigenvalue weighted by Crippen LogP contribution is 2.27. The maximum Gasteiger partial charge on any atom is 0.335 e. The minimum Gasteiger partial charge on any atom is -0.478 e. The Hall–Kier alpha value is -3.72. The lowest BCUT2D eigenvalue weighted by molar-refractivity contribution is -0.200. The molecular weight excluding hydrogens is 482 g/mol. The average Bonchev–Trinajstić information content (AvgIpc) is 2.88. The number of rotatable bonds is 8. The minimum atomic E-state index is -1.03. The topological polar surface area (TPSA) is 99.2 Å². The van der Waals surface area contributed by atoms with Gasteiger partial charge < -0.3 is 15.3 Å². The zero-order chi connectivity index (χ0) is 25.7. The van der Waals surface area contributed by atoms with Crippen molar-refractivity contribution in [3.8, 4) is 0 Å². The van der Waals surface area contributed by atoms with Crippen LogP contribution in [0.4, 0.5) is 11.4 Å². The average molecular weight is 508 g/mol. The number of hydroxylamine groups is 2. The van der Waals surface area contributed by atoms with Crippen molar-refractivity contribution in [1.82, 2.24) is 5.06 Å². The van der Waals surface area contributed by atoms with Crippen LogP contribution in [0.1, 0.15) is 33.2 Å². The van der Waals surface area contributed by atoms with E-state index in [1.165, 1.54) is 19.1 Å².